The first-order chi connectivity index (χ1) is 6.47. The van der Waals surface area contributed by atoms with Crippen molar-refractivity contribution in [1.82, 2.24) is 9.59 Å². The summed E-state index contributed by atoms with van der Waals surface area (Å²) in [5, 5.41) is 6.22. The van der Waals surface area contributed by atoms with E-state index in [4.69, 9.17) is 0 Å². The molecule has 5 radical (unpaired) electrons. The molecule has 1 aliphatic rings. The second-order valence-electron chi connectivity index (χ2n) is 3.66. The molecule has 0 bridgehead atoms. The van der Waals surface area contributed by atoms with Crippen LogP contribution in [-0.4, -0.2) is 9.59 Å². The van der Waals surface area contributed by atoms with E-state index in [0.29, 0.717) is 0 Å². The van der Waals surface area contributed by atoms with Crippen molar-refractivity contribution in [3.05, 3.63) is 31.8 Å². The second-order valence-corrected chi connectivity index (χ2v) is 4.27. The van der Waals surface area contributed by atoms with Gasteiger partial charge in [0.05, 0.1) is 5.69 Å². The molecule has 1 aliphatic carbocycles. The van der Waals surface area contributed by atoms with Crippen LogP contribution >= 0.6 is 11.5 Å². The summed E-state index contributed by atoms with van der Waals surface area (Å²) < 4.78 is 3.92. The molecule has 2 rings (SSSR count). The maximum atomic E-state index is 4.14. The Morgan fingerprint density at radius 2 is 1.53 bits per heavy atom. The predicted octanol–water partition coefficient (Wildman–Crippen LogP) is 3.86. The van der Waals surface area contributed by atoms with E-state index >= 15 is 0 Å². The molecule has 0 unspecified atom stereocenters. The van der Waals surface area contributed by atoms with Gasteiger partial charge >= 0.3 is 0 Å². The van der Waals surface area contributed by atoms with Gasteiger partial charge in [-0.2, -0.15) is 0 Å². The highest BCUT2D eigenvalue weighted by Crippen LogP contribution is 2.28. The third kappa shape index (κ3) is 4.29. The first-order valence-corrected chi connectivity index (χ1v) is 5.92. The van der Waals surface area contributed by atoms with Crippen LogP contribution < -0.4 is 0 Å². The Bertz CT molecular complexity index is 226. The molecular formula is C12H19N2S. The minimum Gasteiger partial charge on any atom is -0.143 e. The van der Waals surface area contributed by atoms with E-state index in [0.717, 1.165) is 5.69 Å². The van der Waals surface area contributed by atoms with Crippen LogP contribution in [0, 0.1) is 20.8 Å². The Labute approximate surface area is 98.3 Å². The molecule has 83 valence electrons. The molecule has 1 aromatic heterocycles. The van der Waals surface area contributed by atoms with Gasteiger partial charge in [-0.05, 0) is 24.4 Å². The molecule has 0 N–H and O–H groups in total. The lowest BCUT2D eigenvalue weighted by Crippen LogP contribution is -2.03. The Balaban J connectivity index is 0.000000980. The highest BCUT2D eigenvalue weighted by Gasteiger charge is 2.16. The number of hydrogen-bond donors (Lipinski definition) is 0. The monoisotopic (exact) mass is 223 g/mol. The topological polar surface area (TPSA) is 25.8 Å². The zero-order valence-electron chi connectivity index (χ0n) is 9.24. The lowest BCUT2D eigenvalue weighted by molar-refractivity contribution is 0.534. The quantitative estimate of drug-likeness (QED) is 0.722. The van der Waals surface area contributed by atoms with Crippen molar-refractivity contribution in [2.75, 3.05) is 0 Å². The van der Waals surface area contributed by atoms with Crippen LogP contribution in [0.15, 0.2) is 5.38 Å². The van der Waals surface area contributed by atoms with Gasteiger partial charge in [0.2, 0.25) is 0 Å². The average Bonchev–Trinajstić information content (AvgIpc) is 2.55. The summed E-state index contributed by atoms with van der Waals surface area (Å²) in [6.45, 7) is 0. The van der Waals surface area contributed by atoms with Gasteiger partial charge in [0.15, 0.2) is 0 Å². The lowest BCUT2D eigenvalue weighted by Gasteiger charge is -2.16. The molecule has 0 spiro atoms. The summed E-state index contributed by atoms with van der Waals surface area (Å²) in [7, 11) is 0. The summed E-state index contributed by atoms with van der Waals surface area (Å²) in [4.78, 5) is 0. The number of rotatable bonds is 1. The fourth-order valence-corrected chi connectivity index (χ4v) is 2.40. The van der Waals surface area contributed by atoms with Crippen molar-refractivity contribution < 1.29 is 0 Å². The zero-order valence-corrected chi connectivity index (χ0v) is 10.1. The fourth-order valence-electron chi connectivity index (χ4n) is 1.91. The minimum atomic E-state index is 0. The van der Waals surface area contributed by atoms with Crippen LogP contribution in [-0.2, 0) is 0 Å². The van der Waals surface area contributed by atoms with E-state index in [1.807, 2.05) is 0 Å². The Hall–Kier alpha value is -0.440. The summed E-state index contributed by atoms with van der Waals surface area (Å²) in [5.41, 5.74) is 1.16. The molecule has 15 heavy (non-hydrogen) atoms. The molecule has 0 atom stereocenters. The van der Waals surface area contributed by atoms with Gasteiger partial charge in [-0.25, -0.2) is 0 Å². The number of nitrogens with zero attached hydrogens (tertiary/aromatic N) is 2. The highest BCUT2D eigenvalue weighted by atomic mass is 32.1. The maximum Gasteiger partial charge on any atom is 0.0826 e. The van der Waals surface area contributed by atoms with Crippen molar-refractivity contribution in [2.45, 2.75) is 44.9 Å². The molecule has 1 saturated carbocycles. The van der Waals surface area contributed by atoms with E-state index in [-0.39, 0.29) is 14.9 Å². The summed E-state index contributed by atoms with van der Waals surface area (Å²) >= 11 is 1.46. The summed E-state index contributed by atoms with van der Waals surface area (Å²) in [6, 6.07) is 0. The van der Waals surface area contributed by atoms with Crippen molar-refractivity contribution in [2.24, 2.45) is 0 Å². The molecular weight excluding hydrogens is 204 g/mol. The average molecular weight is 223 g/mol. The number of aromatic nitrogens is 2. The van der Waals surface area contributed by atoms with Gasteiger partial charge < -0.3 is 0 Å². The van der Waals surface area contributed by atoms with E-state index in [9.17, 15) is 0 Å². The molecule has 3 heteroatoms. The van der Waals surface area contributed by atoms with E-state index in [1.165, 1.54) is 62.4 Å². The molecule has 1 heterocycles. The fraction of sp³-hybridized carbons (Fsp3) is 0.583. The van der Waals surface area contributed by atoms with Crippen LogP contribution in [0.2, 0.25) is 0 Å². The van der Waals surface area contributed by atoms with E-state index in [1.54, 1.807) is 0 Å². The van der Waals surface area contributed by atoms with Crippen LogP contribution in [0.1, 0.15) is 50.6 Å². The van der Waals surface area contributed by atoms with Crippen LogP contribution in [0.3, 0.4) is 0 Å². The van der Waals surface area contributed by atoms with Crippen LogP contribution in [0.5, 0.6) is 0 Å². The molecule has 0 saturated heterocycles. The first-order valence-electron chi connectivity index (χ1n) is 5.09. The molecule has 2 nitrogen and oxygen atoms in total. The molecule has 0 aromatic carbocycles. The van der Waals surface area contributed by atoms with Gasteiger partial charge in [-0.1, -0.05) is 51.4 Å². The largest absolute Gasteiger partial charge is 0.143 e. The predicted molar refractivity (Wildman–Crippen MR) is 65.3 cm³/mol. The van der Waals surface area contributed by atoms with E-state index < -0.39 is 0 Å². The van der Waals surface area contributed by atoms with Crippen molar-refractivity contribution >= 4 is 11.5 Å². The number of hydrogen-bond acceptors (Lipinski definition) is 3. The molecule has 1 aromatic rings. The van der Waals surface area contributed by atoms with Gasteiger partial charge in [0.1, 0.15) is 0 Å². The lowest BCUT2D eigenvalue weighted by atomic mass is 9.89. The van der Waals surface area contributed by atoms with Crippen LogP contribution in [0.4, 0.5) is 0 Å². The first kappa shape index (κ1) is 14.6. The Morgan fingerprint density at radius 3 is 2.07 bits per heavy atom. The van der Waals surface area contributed by atoms with Gasteiger partial charge in [0.25, 0.3) is 0 Å². The molecule has 0 amide bonds. The third-order valence-electron chi connectivity index (χ3n) is 2.68. The Kier molecular flexibility index (Phi) is 7.57. The highest BCUT2D eigenvalue weighted by molar-refractivity contribution is 7.03. The zero-order chi connectivity index (χ0) is 8.93. The van der Waals surface area contributed by atoms with Crippen LogP contribution in [0.25, 0.3) is 0 Å². The van der Waals surface area contributed by atoms with Gasteiger partial charge in [-0.15, -0.1) is 5.10 Å². The second kappa shape index (κ2) is 7.80. The standard InChI is InChI=1S/C10H15N2S.2CH2/c1-2-4-6-9(7-5-3-1)10-8-13-12-11-10;;/h8H,1-7H2;2*1H2. The third-order valence-corrected chi connectivity index (χ3v) is 3.18. The smallest absolute Gasteiger partial charge is 0.0826 e. The molecule has 0 aliphatic heterocycles. The normalized spacial score (nSPS) is 18.1. The minimum absolute atomic E-state index is 0. The summed E-state index contributed by atoms with van der Waals surface area (Å²) in [5.74, 6) is 1.54. The van der Waals surface area contributed by atoms with Crippen molar-refractivity contribution in [1.29, 1.82) is 0 Å². The Morgan fingerprint density at radius 1 is 0.933 bits per heavy atom. The van der Waals surface area contributed by atoms with Gasteiger partial charge in [-0.3, -0.25) is 0 Å². The van der Waals surface area contributed by atoms with Crippen molar-refractivity contribution in [3.8, 4) is 0 Å². The summed E-state index contributed by atoms with van der Waals surface area (Å²) in [6.07, 6.45) is 9.36. The SMILES string of the molecule is [CH2].[CH2].c1snnc1[C]1CCCCCCC1. The molecule has 1 fully saturated rings. The maximum absolute atomic E-state index is 4.14. The van der Waals surface area contributed by atoms with Gasteiger partial charge in [0, 0.05) is 11.3 Å². The van der Waals surface area contributed by atoms with Crippen molar-refractivity contribution in [3.63, 3.8) is 0 Å². The van der Waals surface area contributed by atoms with E-state index in [2.05, 4.69) is 15.0 Å².